The van der Waals surface area contributed by atoms with Crippen molar-refractivity contribution < 1.29 is 22.4 Å². The molecule has 0 aliphatic heterocycles. The van der Waals surface area contributed by atoms with E-state index in [2.05, 4.69) is 0 Å². The van der Waals surface area contributed by atoms with Gasteiger partial charge in [0.05, 0.1) is 12.5 Å². The minimum absolute atomic E-state index is 0.0939. The van der Waals surface area contributed by atoms with Crippen molar-refractivity contribution in [2.24, 2.45) is 5.92 Å². The summed E-state index contributed by atoms with van der Waals surface area (Å²) in [5.41, 5.74) is 0.194. The van der Waals surface area contributed by atoms with Crippen LogP contribution >= 0.6 is 11.6 Å². The molecule has 2 atom stereocenters. The van der Waals surface area contributed by atoms with Crippen LogP contribution in [-0.4, -0.2) is 24.3 Å². The van der Waals surface area contributed by atoms with E-state index >= 15 is 0 Å². The number of hydrogen-bond donors (Lipinski definition) is 1. The van der Waals surface area contributed by atoms with Crippen LogP contribution in [0.15, 0.2) is 53.6 Å². The predicted octanol–water partition coefficient (Wildman–Crippen LogP) is 4.00. The molecule has 0 aromatic heterocycles. The number of carbonyl (C=O) groups is 1. The van der Waals surface area contributed by atoms with Gasteiger partial charge in [0.1, 0.15) is 0 Å². The summed E-state index contributed by atoms with van der Waals surface area (Å²) in [5, 5.41) is 1.85. The van der Waals surface area contributed by atoms with E-state index in [-0.39, 0.29) is 10.6 Å². The molecule has 118 valence electrons. The largest absolute Gasteiger partial charge is 0.401 e. The fraction of sp³-hybridized carbons (Fsp3) is 0.267. The van der Waals surface area contributed by atoms with Crippen molar-refractivity contribution in [3.8, 4) is 0 Å². The summed E-state index contributed by atoms with van der Waals surface area (Å²) in [6.07, 6.45) is -1.52. The van der Waals surface area contributed by atoms with Crippen LogP contribution in [0.2, 0.25) is 0 Å². The van der Waals surface area contributed by atoms with E-state index in [0.29, 0.717) is 0 Å². The highest BCUT2D eigenvalue weighted by molar-refractivity contribution is 6.31. The molecule has 1 N–H and O–H groups in total. The molecule has 0 radical (unpaired) electrons. The van der Waals surface area contributed by atoms with Gasteiger partial charge in [0, 0.05) is 10.6 Å². The lowest BCUT2D eigenvalue weighted by Crippen LogP contribution is -2.52. The average molecular weight is 334 g/mol. The number of nitrogens with one attached hydrogen (secondary N) is 1. The molecule has 1 aromatic carbocycles. The lowest BCUT2D eigenvalue weighted by molar-refractivity contribution is -0.132. The highest BCUT2D eigenvalue weighted by atomic mass is 35.5. The van der Waals surface area contributed by atoms with Crippen molar-refractivity contribution >= 4 is 17.4 Å². The van der Waals surface area contributed by atoms with E-state index in [1.165, 1.54) is 12.1 Å². The van der Waals surface area contributed by atoms with Gasteiger partial charge < -0.3 is 0 Å². The summed E-state index contributed by atoms with van der Waals surface area (Å²) >= 11 is 5.77. The number of Topliss-reactive ketones (excluding diaryl/α,β-unsaturated/α-hetero) is 1. The maximum absolute atomic E-state index is 14.9. The Hall–Kier alpha value is -1.66. The number of halogens is 5. The second-order valence-electron chi connectivity index (χ2n) is 4.83. The Morgan fingerprint density at radius 1 is 1.27 bits per heavy atom. The molecular weight excluding hydrogens is 322 g/mol. The quantitative estimate of drug-likeness (QED) is 0.513. The van der Waals surface area contributed by atoms with Crippen LogP contribution in [0.4, 0.5) is 17.6 Å². The summed E-state index contributed by atoms with van der Waals surface area (Å²) in [4.78, 5) is 12.4. The fourth-order valence-electron chi connectivity index (χ4n) is 2.09. The minimum Gasteiger partial charge on any atom is -0.293 e. The standard InChI is InChI=1S/C15H12ClF4NO/c16-11-6-7-14(17,21-9-15(18,19)20)12(8-11)13(22)10-4-2-1-3-5-10/h1-8,12,21H,9H2. The van der Waals surface area contributed by atoms with Gasteiger partial charge in [-0.25, -0.2) is 4.39 Å². The zero-order chi connectivity index (χ0) is 16.4. The van der Waals surface area contributed by atoms with Gasteiger partial charge in [-0.3, -0.25) is 10.1 Å². The molecule has 0 heterocycles. The van der Waals surface area contributed by atoms with Gasteiger partial charge in [0.25, 0.3) is 0 Å². The zero-order valence-corrected chi connectivity index (χ0v) is 12.0. The Morgan fingerprint density at radius 3 is 2.50 bits per heavy atom. The van der Waals surface area contributed by atoms with Crippen molar-refractivity contribution in [2.45, 2.75) is 12.0 Å². The van der Waals surface area contributed by atoms with Gasteiger partial charge in [-0.1, -0.05) is 48.0 Å². The summed E-state index contributed by atoms with van der Waals surface area (Å²) < 4.78 is 51.8. The number of ketones is 1. The molecule has 22 heavy (non-hydrogen) atoms. The van der Waals surface area contributed by atoms with E-state index in [0.717, 1.165) is 18.2 Å². The van der Waals surface area contributed by atoms with Crippen molar-refractivity contribution in [2.75, 3.05) is 6.54 Å². The van der Waals surface area contributed by atoms with Gasteiger partial charge in [-0.2, -0.15) is 13.2 Å². The van der Waals surface area contributed by atoms with Gasteiger partial charge in [-0.15, -0.1) is 0 Å². The fourth-order valence-corrected chi connectivity index (χ4v) is 2.28. The maximum atomic E-state index is 14.9. The SMILES string of the molecule is O=C(c1ccccc1)C1C=C(Cl)C=CC1(F)NCC(F)(F)F. The topological polar surface area (TPSA) is 29.1 Å². The number of alkyl halides is 4. The summed E-state index contributed by atoms with van der Waals surface area (Å²) in [7, 11) is 0. The molecule has 1 aliphatic rings. The van der Waals surface area contributed by atoms with E-state index in [1.807, 2.05) is 0 Å². The normalized spacial score (nSPS) is 25.0. The van der Waals surface area contributed by atoms with E-state index < -0.39 is 30.2 Å². The van der Waals surface area contributed by atoms with Gasteiger partial charge >= 0.3 is 6.18 Å². The number of hydrogen-bond acceptors (Lipinski definition) is 2. The number of carbonyl (C=O) groups excluding carboxylic acids is 1. The molecule has 2 rings (SSSR count). The Labute approximate surface area is 129 Å². The van der Waals surface area contributed by atoms with Crippen molar-refractivity contribution in [3.05, 3.63) is 59.2 Å². The second kappa shape index (κ2) is 6.22. The molecule has 1 aromatic rings. The van der Waals surface area contributed by atoms with E-state index in [1.54, 1.807) is 23.5 Å². The lowest BCUT2D eigenvalue weighted by Gasteiger charge is -2.32. The van der Waals surface area contributed by atoms with Gasteiger partial charge in [-0.05, 0) is 12.2 Å². The van der Waals surface area contributed by atoms with Crippen molar-refractivity contribution in [1.82, 2.24) is 5.32 Å². The smallest absolute Gasteiger partial charge is 0.293 e. The first-order valence-electron chi connectivity index (χ1n) is 6.38. The molecule has 2 nitrogen and oxygen atoms in total. The second-order valence-corrected chi connectivity index (χ2v) is 5.27. The first kappa shape index (κ1) is 16.7. The molecule has 2 unspecified atom stereocenters. The molecule has 0 fully saturated rings. The molecule has 0 bridgehead atoms. The van der Waals surface area contributed by atoms with Crippen molar-refractivity contribution in [1.29, 1.82) is 0 Å². The third-order valence-corrected chi connectivity index (χ3v) is 3.42. The first-order chi connectivity index (χ1) is 10.2. The van der Waals surface area contributed by atoms with Crippen LogP contribution in [0.1, 0.15) is 10.4 Å². The Kier molecular flexibility index (Phi) is 4.72. The highest BCUT2D eigenvalue weighted by Gasteiger charge is 2.44. The zero-order valence-electron chi connectivity index (χ0n) is 11.2. The Morgan fingerprint density at radius 2 is 1.91 bits per heavy atom. The molecule has 0 spiro atoms. The van der Waals surface area contributed by atoms with E-state index in [9.17, 15) is 22.4 Å². The number of allylic oxidation sites excluding steroid dienone is 2. The maximum Gasteiger partial charge on any atom is 0.401 e. The number of benzene rings is 1. The molecular formula is C15H12ClF4NO. The van der Waals surface area contributed by atoms with E-state index in [4.69, 9.17) is 11.6 Å². The summed E-state index contributed by atoms with van der Waals surface area (Å²) in [6.45, 7) is -1.56. The Balaban J connectivity index is 2.28. The van der Waals surface area contributed by atoms with Crippen LogP contribution in [0.5, 0.6) is 0 Å². The monoisotopic (exact) mass is 333 g/mol. The third kappa shape index (κ3) is 3.96. The Bertz CT molecular complexity index is 612. The van der Waals surface area contributed by atoms with Crippen LogP contribution in [0.3, 0.4) is 0 Å². The lowest BCUT2D eigenvalue weighted by atomic mass is 9.85. The molecule has 0 saturated carbocycles. The molecule has 1 aliphatic carbocycles. The predicted molar refractivity (Wildman–Crippen MR) is 75.2 cm³/mol. The average Bonchev–Trinajstić information content (AvgIpc) is 2.48. The molecule has 0 amide bonds. The minimum atomic E-state index is -4.60. The third-order valence-electron chi connectivity index (χ3n) is 3.16. The molecule has 7 heteroatoms. The van der Waals surface area contributed by atoms with Crippen LogP contribution in [-0.2, 0) is 0 Å². The van der Waals surface area contributed by atoms with Crippen LogP contribution in [0, 0.1) is 5.92 Å². The van der Waals surface area contributed by atoms with Gasteiger partial charge in [0.15, 0.2) is 11.6 Å². The van der Waals surface area contributed by atoms with Gasteiger partial charge in [0.2, 0.25) is 0 Å². The summed E-state index contributed by atoms with van der Waals surface area (Å²) in [5.74, 6) is -4.78. The highest BCUT2D eigenvalue weighted by Crippen LogP contribution is 2.33. The molecule has 0 saturated heterocycles. The first-order valence-corrected chi connectivity index (χ1v) is 6.75. The van der Waals surface area contributed by atoms with Crippen molar-refractivity contribution in [3.63, 3.8) is 0 Å². The number of rotatable bonds is 4. The van der Waals surface area contributed by atoms with Crippen LogP contribution in [0.25, 0.3) is 0 Å². The van der Waals surface area contributed by atoms with Crippen LogP contribution < -0.4 is 5.32 Å². The summed E-state index contributed by atoms with van der Waals surface area (Å²) in [6, 6.07) is 7.77.